The summed E-state index contributed by atoms with van der Waals surface area (Å²) in [5.41, 5.74) is 1.59. The van der Waals surface area contributed by atoms with E-state index in [1.54, 1.807) is 54.6 Å². The quantitative estimate of drug-likeness (QED) is 0.326. The van der Waals surface area contributed by atoms with Crippen molar-refractivity contribution >= 4 is 38.9 Å². The average molecular weight is 672 g/mol. The second-order valence-corrected chi connectivity index (χ2v) is 15.2. The van der Waals surface area contributed by atoms with Crippen LogP contribution in [-0.2, 0) is 26.0 Å². The molecule has 2 N–H and O–H groups in total. The third kappa shape index (κ3) is 9.38. The minimum Gasteiger partial charge on any atom is -0.490 e. The molecule has 2 amide bonds. The number of thiophene rings is 1. The van der Waals surface area contributed by atoms with Crippen LogP contribution >= 0.6 is 11.3 Å². The van der Waals surface area contributed by atoms with Gasteiger partial charge in [0.15, 0.2) is 0 Å². The van der Waals surface area contributed by atoms with Crippen LogP contribution in [0.1, 0.15) is 56.0 Å². The van der Waals surface area contributed by atoms with E-state index in [0.29, 0.717) is 18.0 Å². The largest absolute Gasteiger partial charge is 0.490 e. The lowest BCUT2D eigenvalue weighted by molar-refractivity contribution is -0.115. The van der Waals surface area contributed by atoms with Crippen LogP contribution in [0.25, 0.3) is 0 Å². The van der Waals surface area contributed by atoms with Crippen LogP contribution in [0.2, 0.25) is 0 Å². The molecule has 0 saturated carbocycles. The van der Waals surface area contributed by atoms with Gasteiger partial charge in [0, 0.05) is 38.3 Å². The number of nitrogens with one attached hydrogen (secondary N) is 1. The van der Waals surface area contributed by atoms with E-state index in [0.717, 1.165) is 36.2 Å². The normalized spacial score (nSPS) is 20.8. The Morgan fingerprint density at radius 1 is 1.13 bits per heavy atom. The summed E-state index contributed by atoms with van der Waals surface area (Å²) in [5, 5.41) is 14.8. The third-order valence-electron chi connectivity index (χ3n) is 8.14. The van der Waals surface area contributed by atoms with Crippen LogP contribution in [0, 0.1) is 5.92 Å². The molecule has 1 aliphatic rings. The van der Waals surface area contributed by atoms with Crippen molar-refractivity contribution in [1.29, 1.82) is 0 Å². The molecule has 2 heterocycles. The Hall–Kier alpha value is -3.29. The molecule has 0 fully saturated rings. The van der Waals surface area contributed by atoms with E-state index in [9.17, 15) is 23.1 Å². The van der Waals surface area contributed by atoms with Crippen molar-refractivity contribution in [3.05, 3.63) is 77.2 Å². The van der Waals surface area contributed by atoms with Gasteiger partial charge >= 0.3 is 0 Å². The lowest BCUT2D eigenvalue weighted by atomic mass is 10.0. The molecule has 0 unspecified atom stereocenters. The number of amides is 2. The molecule has 0 bridgehead atoms. The van der Waals surface area contributed by atoms with Gasteiger partial charge in [0.2, 0.25) is 5.91 Å². The fourth-order valence-corrected chi connectivity index (χ4v) is 7.75. The van der Waals surface area contributed by atoms with Gasteiger partial charge in [-0.05, 0) is 68.3 Å². The molecule has 12 heteroatoms. The SMILES string of the molecule is C[C@H](CO)N1C[C@H](C)[C@@H](CN(C)S(=O)(=O)c2cccs2)OCCCC[C@H](C)Oc2ccc(NC(=O)Cc3ccccc3)cc2C1=O. The highest BCUT2D eigenvalue weighted by molar-refractivity contribution is 7.91. The van der Waals surface area contributed by atoms with Crippen LogP contribution < -0.4 is 10.1 Å². The number of sulfonamides is 1. The summed E-state index contributed by atoms with van der Waals surface area (Å²) in [6, 6.07) is 17.2. The number of hydrogen-bond acceptors (Lipinski definition) is 8. The Bertz CT molecular complexity index is 1530. The van der Waals surface area contributed by atoms with Crippen molar-refractivity contribution < 1.29 is 32.6 Å². The summed E-state index contributed by atoms with van der Waals surface area (Å²) in [7, 11) is -2.17. The number of likely N-dealkylation sites (N-methyl/N-ethyl adjacent to an activating group) is 1. The van der Waals surface area contributed by atoms with Gasteiger partial charge in [-0.2, -0.15) is 4.31 Å². The number of nitrogens with zero attached hydrogens (tertiary/aromatic N) is 2. The first-order chi connectivity index (χ1) is 22.0. The van der Waals surface area contributed by atoms with Crippen molar-refractivity contribution in [2.24, 2.45) is 5.92 Å². The number of aliphatic hydroxyl groups excluding tert-OH is 1. The van der Waals surface area contributed by atoms with Gasteiger partial charge in [-0.15, -0.1) is 11.3 Å². The molecular formula is C34H45N3O7S2. The van der Waals surface area contributed by atoms with Gasteiger partial charge in [0.05, 0.1) is 36.8 Å². The molecule has 10 nitrogen and oxygen atoms in total. The molecule has 1 aliphatic heterocycles. The smallest absolute Gasteiger partial charge is 0.258 e. The number of benzene rings is 2. The third-order valence-corrected chi connectivity index (χ3v) is 11.3. The highest BCUT2D eigenvalue weighted by Gasteiger charge is 2.32. The second kappa shape index (κ2) is 16.5. The predicted octanol–water partition coefficient (Wildman–Crippen LogP) is 5.05. The van der Waals surface area contributed by atoms with Crippen LogP contribution in [0.4, 0.5) is 5.69 Å². The second-order valence-electron chi connectivity index (χ2n) is 11.9. The fraction of sp³-hybridized carbons (Fsp3) is 0.471. The van der Waals surface area contributed by atoms with Gasteiger partial charge < -0.3 is 24.8 Å². The Morgan fingerprint density at radius 2 is 1.89 bits per heavy atom. The highest BCUT2D eigenvalue weighted by atomic mass is 32.2. The Kier molecular flexibility index (Phi) is 12.8. The topological polar surface area (TPSA) is 125 Å². The Labute approximate surface area is 276 Å². The summed E-state index contributed by atoms with van der Waals surface area (Å²) in [6.45, 7) is 6.07. The lowest BCUT2D eigenvalue weighted by Crippen LogP contribution is -2.48. The van der Waals surface area contributed by atoms with Gasteiger partial charge in [-0.1, -0.05) is 43.3 Å². The monoisotopic (exact) mass is 671 g/mol. The van der Waals surface area contributed by atoms with Gasteiger partial charge in [0.1, 0.15) is 9.96 Å². The zero-order valence-electron chi connectivity index (χ0n) is 26.9. The summed E-state index contributed by atoms with van der Waals surface area (Å²) in [6.07, 6.45) is 1.76. The zero-order chi connectivity index (χ0) is 33.3. The number of hydrogen-bond donors (Lipinski definition) is 2. The minimum absolute atomic E-state index is 0.102. The Morgan fingerprint density at radius 3 is 2.59 bits per heavy atom. The van der Waals surface area contributed by atoms with E-state index in [-0.39, 0.29) is 59.7 Å². The van der Waals surface area contributed by atoms with E-state index in [4.69, 9.17) is 9.47 Å². The molecular weight excluding hydrogens is 627 g/mol. The molecule has 46 heavy (non-hydrogen) atoms. The highest BCUT2D eigenvalue weighted by Crippen LogP contribution is 2.29. The molecule has 250 valence electrons. The molecule has 4 rings (SSSR count). The van der Waals surface area contributed by atoms with Crippen molar-refractivity contribution in [1.82, 2.24) is 9.21 Å². The number of aliphatic hydroxyl groups is 1. The maximum Gasteiger partial charge on any atom is 0.258 e. The number of anilines is 1. The number of ether oxygens (including phenoxy) is 2. The first-order valence-corrected chi connectivity index (χ1v) is 18.0. The maximum absolute atomic E-state index is 14.3. The van der Waals surface area contributed by atoms with E-state index in [1.165, 1.54) is 4.31 Å². The van der Waals surface area contributed by atoms with Gasteiger partial charge in [-0.25, -0.2) is 8.42 Å². The van der Waals surface area contributed by atoms with Crippen molar-refractivity contribution in [2.75, 3.05) is 38.7 Å². The zero-order valence-corrected chi connectivity index (χ0v) is 28.6. The number of carbonyl (C=O) groups is 2. The van der Waals surface area contributed by atoms with Crippen molar-refractivity contribution in [3.8, 4) is 5.75 Å². The molecule has 1 aromatic heterocycles. The standard InChI is InChI=1S/C34H45N3O7S2/c1-24-21-37(25(2)23-38)34(40)29-20-28(35-32(39)19-27-12-6-5-7-13-27)15-16-30(29)44-26(3)11-8-9-17-43-31(24)22-36(4)46(41,42)33-14-10-18-45-33/h5-7,10,12-16,18,20,24-26,31,38H,8-9,11,17,19,21-23H2,1-4H3,(H,35,39)/t24-,25+,26-,31+/m0/s1. The lowest BCUT2D eigenvalue weighted by Gasteiger charge is -2.35. The Balaban J connectivity index is 1.62. The maximum atomic E-state index is 14.3. The number of carbonyl (C=O) groups excluding carboxylic acids is 2. The minimum atomic E-state index is -3.71. The van der Waals surface area contributed by atoms with E-state index in [2.05, 4.69) is 5.32 Å². The van der Waals surface area contributed by atoms with Crippen molar-refractivity contribution in [3.63, 3.8) is 0 Å². The van der Waals surface area contributed by atoms with Crippen LogP contribution in [0.5, 0.6) is 5.75 Å². The van der Waals surface area contributed by atoms with Crippen LogP contribution in [0.15, 0.2) is 70.3 Å². The van der Waals surface area contributed by atoms with E-state index >= 15 is 0 Å². The van der Waals surface area contributed by atoms with Crippen LogP contribution in [-0.4, -0.2) is 86.1 Å². The summed E-state index contributed by atoms with van der Waals surface area (Å²) >= 11 is 1.16. The average Bonchev–Trinajstić information content (AvgIpc) is 3.59. The molecule has 0 spiro atoms. The summed E-state index contributed by atoms with van der Waals surface area (Å²) in [4.78, 5) is 28.7. The van der Waals surface area contributed by atoms with Gasteiger partial charge in [0.25, 0.3) is 15.9 Å². The molecule has 0 radical (unpaired) electrons. The van der Waals surface area contributed by atoms with E-state index in [1.807, 2.05) is 44.2 Å². The predicted molar refractivity (Wildman–Crippen MR) is 180 cm³/mol. The van der Waals surface area contributed by atoms with Gasteiger partial charge in [-0.3, -0.25) is 9.59 Å². The summed E-state index contributed by atoms with van der Waals surface area (Å²) in [5.74, 6) is -0.485. The number of fused-ring (bicyclic) bond motifs is 1. The molecule has 0 saturated heterocycles. The molecule has 4 atom stereocenters. The first-order valence-electron chi connectivity index (χ1n) is 15.7. The van der Waals surface area contributed by atoms with E-state index < -0.39 is 22.2 Å². The first kappa shape index (κ1) is 35.6. The fourth-order valence-electron chi connectivity index (χ4n) is 5.36. The molecule has 0 aliphatic carbocycles. The molecule has 3 aromatic rings. The molecule has 2 aromatic carbocycles. The number of rotatable bonds is 9. The van der Waals surface area contributed by atoms with Crippen LogP contribution in [0.3, 0.4) is 0 Å². The van der Waals surface area contributed by atoms with Crippen molar-refractivity contribution in [2.45, 2.75) is 68.9 Å². The summed E-state index contributed by atoms with van der Waals surface area (Å²) < 4.78 is 40.6.